The Hall–Kier alpha value is -3.89. The van der Waals surface area contributed by atoms with Crippen molar-refractivity contribution < 1.29 is 13.2 Å². The number of imidazole rings is 1. The smallest absolute Gasteiger partial charge is 0.260 e. The Labute approximate surface area is 229 Å². The van der Waals surface area contributed by atoms with Crippen LogP contribution >= 0.6 is 0 Å². The maximum Gasteiger partial charge on any atom is 0.260 e. The first-order chi connectivity index (χ1) is 19.0. The van der Waals surface area contributed by atoms with Gasteiger partial charge >= 0.3 is 0 Å². The summed E-state index contributed by atoms with van der Waals surface area (Å²) >= 11 is 0. The van der Waals surface area contributed by atoms with Gasteiger partial charge in [0.25, 0.3) is 10.0 Å². The molecule has 5 rings (SSSR count). The van der Waals surface area contributed by atoms with Crippen LogP contribution in [0.1, 0.15) is 32.1 Å². The molecule has 0 spiro atoms. The predicted molar refractivity (Wildman–Crippen MR) is 154 cm³/mol. The van der Waals surface area contributed by atoms with Gasteiger partial charge in [0.1, 0.15) is 6.04 Å². The topological polar surface area (TPSA) is 110 Å². The lowest BCUT2D eigenvalue weighted by Gasteiger charge is -2.36. The minimum absolute atomic E-state index is 0.128. The number of carbonyl (C=O) groups is 1. The third kappa shape index (κ3) is 6.23. The number of benzene rings is 3. The van der Waals surface area contributed by atoms with Gasteiger partial charge in [0.15, 0.2) is 5.95 Å². The molecule has 3 aromatic carbocycles. The number of aromatic nitrogens is 2. The highest BCUT2D eigenvalue weighted by atomic mass is 32.2. The zero-order valence-corrected chi connectivity index (χ0v) is 22.6. The number of aromatic amines is 1. The summed E-state index contributed by atoms with van der Waals surface area (Å²) in [5.41, 5.74) is 3.82. The fraction of sp³-hybridized carbons (Fsp3) is 0.310. The molecule has 0 saturated carbocycles. The first kappa shape index (κ1) is 26.7. The number of hydrogen-bond donors (Lipinski definition) is 3. The van der Waals surface area contributed by atoms with E-state index in [9.17, 15) is 13.2 Å². The molecule has 0 radical (unpaired) electrons. The van der Waals surface area contributed by atoms with Gasteiger partial charge in [0.2, 0.25) is 5.91 Å². The Balaban J connectivity index is 1.51. The number of fused-ring (bicyclic) bond motifs is 1. The molecule has 1 saturated heterocycles. The Bertz CT molecular complexity index is 1470. The van der Waals surface area contributed by atoms with Gasteiger partial charge in [0, 0.05) is 37.4 Å². The molecule has 10 heteroatoms. The monoisotopic (exact) mass is 546 g/mol. The third-order valence-electron chi connectivity index (χ3n) is 7.00. The van der Waals surface area contributed by atoms with Crippen molar-refractivity contribution >= 4 is 38.3 Å². The summed E-state index contributed by atoms with van der Waals surface area (Å²) in [5.74, 6) is 0.455. The second kappa shape index (κ2) is 12.3. The van der Waals surface area contributed by atoms with Crippen LogP contribution in [0.4, 0.5) is 11.6 Å². The first-order valence-electron chi connectivity index (χ1n) is 13.4. The van der Waals surface area contributed by atoms with Gasteiger partial charge in [-0.1, -0.05) is 59.0 Å². The van der Waals surface area contributed by atoms with Crippen LogP contribution in [0.5, 0.6) is 0 Å². The molecule has 1 fully saturated rings. The van der Waals surface area contributed by atoms with Crippen LogP contribution in [0.25, 0.3) is 10.8 Å². The van der Waals surface area contributed by atoms with E-state index in [1.165, 1.54) is 4.41 Å². The van der Waals surface area contributed by atoms with Crippen molar-refractivity contribution in [2.45, 2.75) is 43.0 Å². The lowest BCUT2D eigenvalue weighted by Crippen LogP contribution is -2.54. The number of carbonyl (C=O) groups excluding carboxylic acids is 1. The zero-order chi connectivity index (χ0) is 27.1. The summed E-state index contributed by atoms with van der Waals surface area (Å²) < 4.78 is 29.6. The summed E-state index contributed by atoms with van der Waals surface area (Å²) in [7, 11) is -4.10. The molecule has 1 aliphatic heterocycles. The Morgan fingerprint density at radius 1 is 0.974 bits per heavy atom. The number of rotatable bonds is 11. The number of H-pyrrole nitrogens is 1. The first-order valence-corrected chi connectivity index (χ1v) is 14.8. The Kier molecular flexibility index (Phi) is 8.43. The number of hydrazine groups is 1. The van der Waals surface area contributed by atoms with Crippen molar-refractivity contribution in [3.8, 4) is 0 Å². The summed E-state index contributed by atoms with van der Waals surface area (Å²) in [4.78, 5) is 23.2. The van der Waals surface area contributed by atoms with Crippen molar-refractivity contribution in [2.75, 3.05) is 30.4 Å². The molecule has 1 aliphatic rings. The normalized spacial score (nSPS) is 14.8. The van der Waals surface area contributed by atoms with Crippen LogP contribution in [0.3, 0.4) is 0 Å². The largest absolute Gasteiger partial charge is 0.356 e. The molecule has 39 heavy (non-hydrogen) atoms. The van der Waals surface area contributed by atoms with Gasteiger partial charge in [-0.25, -0.2) is 13.4 Å². The lowest BCUT2D eigenvalue weighted by molar-refractivity contribution is -0.136. The molecular formula is C29H34N6O3S. The van der Waals surface area contributed by atoms with Gasteiger partial charge in [-0.15, -0.1) is 0 Å². The molecule has 4 aromatic rings. The second-order valence-electron chi connectivity index (χ2n) is 9.66. The van der Waals surface area contributed by atoms with E-state index in [1.807, 2.05) is 47.4 Å². The number of nitrogens with one attached hydrogen (secondary N) is 3. The molecule has 1 atom stereocenters. The predicted octanol–water partition coefficient (Wildman–Crippen LogP) is 4.85. The van der Waals surface area contributed by atoms with Gasteiger partial charge in [0.05, 0.1) is 10.6 Å². The number of anilines is 2. The lowest BCUT2D eigenvalue weighted by atomic mass is 10.1. The van der Waals surface area contributed by atoms with Crippen molar-refractivity contribution in [1.29, 1.82) is 0 Å². The molecule has 0 aliphatic carbocycles. The van der Waals surface area contributed by atoms with Crippen LogP contribution in [-0.2, 0) is 14.8 Å². The molecule has 1 aromatic heterocycles. The summed E-state index contributed by atoms with van der Waals surface area (Å²) in [6.45, 7) is 1.80. The highest BCUT2D eigenvalue weighted by molar-refractivity contribution is 7.89. The van der Waals surface area contributed by atoms with Gasteiger partial charge < -0.3 is 20.6 Å². The number of hydrogen-bond acceptors (Lipinski definition) is 6. The van der Waals surface area contributed by atoms with E-state index in [1.54, 1.807) is 42.7 Å². The fourth-order valence-electron chi connectivity index (χ4n) is 4.98. The van der Waals surface area contributed by atoms with Crippen LogP contribution in [-0.4, -0.2) is 59.3 Å². The fourth-order valence-corrected chi connectivity index (χ4v) is 6.46. The van der Waals surface area contributed by atoms with E-state index in [2.05, 4.69) is 20.7 Å². The number of amides is 1. The van der Waals surface area contributed by atoms with Crippen LogP contribution in [0.15, 0.2) is 90.1 Å². The Morgan fingerprint density at radius 2 is 1.72 bits per heavy atom. The average Bonchev–Trinajstić information content (AvgIpc) is 3.51. The van der Waals surface area contributed by atoms with Gasteiger partial charge in [-0.3, -0.25) is 4.79 Å². The summed E-state index contributed by atoms with van der Waals surface area (Å²) in [5, 5.41) is 5.05. The SMILES string of the molecule is O=C([C@H](CCCNc1ncc[nH]1)N(Nc1cccc2ccccc12)S(=O)(=O)c1ccccc1)N1CCCCC1. The molecule has 0 unspecified atom stereocenters. The standard InChI is InChI=1S/C29H34N6O3S/c36-28(34-21-7-2-8-22-34)27(17-10-18-30-29-31-19-20-32-29)35(39(37,38)24-13-3-1-4-14-24)33-26-16-9-12-23-11-5-6-15-25(23)26/h1,3-6,9,11-16,19-20,27,33H,2,7-8,10,17-18,21-22H2,(H2,30,31,32)/t27-/m0/s1. The zero-order valence-electron chi connectivity index (χ0n) is 21.8. The van der Waals surface area contributed by atoms with E-state index >= 15 is 0 Å². The van der Waals surface area contributed by atoms with Crippen molar-refractivity contribution in [3.05, 3.63) is 85.2 Å². The van der Waals surface area contributed by atoms with Crippen LogP contribution < -0.4 is 10.7 Å². The van der Waals surface area contributed by atoms with E-state index in [4.69, 9.17) is 0 Å². The quantitative estimate of drug-likeness (QED) is 0.183. The number of piperidine rings is 1. The summed E-state index contributed by atoms with van der Waals surface area (Å²) in [6, 6.07) is 20.8. The number of sulfonamides is 1. The highest BCUT2D eigenvalue weighted by Gasteiger charge is 2.38. The molecule has 9 nitrogen and oxygen atoms in total. The maximum atomic E-state index is 14.2. The van der Waals surface area contributed by atoms with E-state index in [0.717, 1.165) is 30.0 Å². The Morgan fingerprint density at radius 3 is 2.49 bits per heavy atom. The third-order valence-corrected chi connectivity index (χ3v) is 8.73. The molecule has 204 valence electrons. The second-order valence-corrected chi connectivity index (χ2v) is 11.5. The molecule has 2 heterocycles. The van der Waals surface area contributed by atoms with Crippen LogP contribution in [0.2, 0.25) is 0 Å². The minimum Gasteiger partial charge on any atom is -0.356 e. The molecule has 3 N–H and O–H groups in total. The average molecular weight is 547 g/mol. The molecule has 1 amide bonds. The minimum atomic E-state index is -4.10. The number of likely N-dealkylation sites (tertiary alicyclic amines) is 1. The van der Waals surface area contributed by atoms with Crippen LogP contribution in [0, 0.1) is 0 Å². The van der Waals surface area contributed by atoms with E-state index in [-0.39, 0.29) is 10.8 Å². The van der Waals surface area contributed by atoms with Gasteiger partial charge in [-0.05, 0) is 55.7 Å². The van der Waals surface area contributed by atoms with Crippen molar-refractivity contribution in [1.82, 2.24) is 19.3 Å². The van der Waals surface area contributed by atoms with E-state index < -0.39 is 16.1 Å². The highest BCUT2D eigenvalue weighted by Crippen LogP contribution is 2.28. The molecule has 0 bridgehead atoms. The number of nitrogens with zero attached hydrogens (tertiary/aromatic N) is 3. The summed E-state index contributed by atoms with van der Waals surface area (Å²) in [6.07, 6.45) is 7.18. The van der Waals surface area contributed by atoms with Crippen molar-refractivity contribution in [2.24, 2.45) is 0 Å². The maximum absolute atomic E-state index is 14.2. The van der Waals surface area contributed by atoms with E-state index in [0.29, 0.717) is 44.1 Å². The van der Waals surface area contributed by atoms with Crippen molar-refractivity contribution in [3.63, 3.8) is 0 Å². The van der Waals surface area contributed by atoms with Gasteiger partial charge in [-0.2, -0.15) is 0 Å². The molecular weight excluding hydrogens is 512 g/mol.